The van der Waals surface area contributed by atoms with Crippen molar-refractivity contribution in [3.05, 3.63) is 23.8 Å². The summed E-state index contributed by atoms with van der Waals surface area (Å²) in [6, 6.07) is 0. The van der Waals surface area contributed by atoms with Crippen LogP contribution in [0.25, 0.3) is 0 Å². The molecule has 1 saturated carbocycles. The van der Waals surface area contributed by atoms with E-state index in [0.717, 1.165) is 30.7 Å². The number of nitrogens with zero attached hydrogens (tertiary/aromatic N) is 6. The second kappa shape index (κ2) is 18.1. The van der Waals surface area contributed by atoms with Crippen LogP contribution in [0.15, 0.2) is 12.4 Å². The van der Waals surface area contributed by atoms with Gasteiger partial charge in [-0.2, -0.15) is 23.5 Å². The maximum absolute atomic E-state index is 13.1. The number of carbonyl (C=O) groups excluding carboxylic acids is 4. The Bertz CT molecular complexity index is 1210. The van der Waals surface area contributed by atoms with Crippen LogP contribution in [0.3, 0.4) is 0 Å². The van der Waals surface area contributed by atoms with Gasteiger partial charge in [-0.3, -0.25) is 28.5 Å². The van der Waals surface area contributed by atoms with E-state index in [9.17, 15) is 19.2 Å². The van der Waals surface area contributed by atoms with Crippen LogP contribution in [0.2, 0.25) is 0 Å². The normalized spacial score (nSPS) is 17.6. The van der Waals surface area contributed by atoms with Crippen LogP contribution in [0.5, 0.6) is 0 Å². The fraction of sp³-hybridized carbons (Fsp3) is 0.714. The third-order valence-corrected chi connectivity index (χ3v) is 10.5. The Labute approximate surface area is 261 Å². The van der Waals surface area contributed by atoms with Gasteiger partial charge in [0.15, 0.2) is 0 Å². The van der Waals surface area contributed by atoms with Crippen LogP contribution in [0, 0.1) is 11.8 Å². The van der Waals surface area contributed by atoms with E-state index in [1.165, 1.54) is 6.92 Å². The summed E-state index contributed by atoms with van der Waals surface area (Å²) in [5.74, 6) is 0.528. The second-order valence-electron chi connectivity index (χ2n) is 10.9. The maximum Gasteiger partial charge on any atom is 0.224 e. The van der Waals surface area contributed by atoms with E-state index < -0.39 is 5.92 Å². The van der Waals surface area contributed by atoms with Crippen LogP contribution in [0.1, 0.15) is 63.8 Å². The van der Waals surface area contributed by atoms with E-state index in [1.54, 1.807) is 47.6 Å². The molecule has 1 aliphatic carbocycles. The first-order chi connectivity index (χ1) is 20.6. The van der Waals surface area contributed by atoms with E-state index >= 15 is 0 Å². The Hall–Kier alpha value is -2.78. The highest BCUT2D eigenvalue weighted by Gasteiger charge is 2.34. The molecule has 15 heteroatoms. The molecule has 13 nitrogen and oxygen atoms in total. The summed E-state index contributed by atoms with van der Waals surface area (Å²) in [5, 5.41) is 22.5. The first-order valence-corrected chi connectivity index (χ1v) is 16.8. The van der Waals surface area contributed by atoms with E-state index in [4.69, 9.17) is 4.74 Å². The quantitative estimate of drug-likeness (QED) is 0.192. The lowest BCUT2D eigenvalue weighted by Crippen LogP contribution is -2.37. The van der Waals surface area contributed by atoms with Crippen molar-refractivity contribution < 1.29 is 23.9 Å². The van der Waals surface area contributed by atoms with Gasteiger partial charge in [0.1, 0.15) is 23.0 Å². The zero-order chi connectivity index (χ0) is 31.2. The molecule has 0 radical (unpaired) electrons. The maximum atomic E-state index is 13.1. The minimum absolute atomic E-state index is 0.0211. The number of aromatic nitrogens is 6. The van der Waals surface area contributed by atoms with Crippen molar-refractivity contribution in [2.45, 2.75) is 76.0 Å². The number of aryl methyl sites for hydroxylation is 2. The molecule has 2 aromatic rings. The summed E-state index contributed by atoms with van der Waals surface area (Å²) in [5.41, 5.74) is 1.37. The molecule has 2 aromatic heterocycles. The number of nitrogens with one attached hydrogen (secondary N) is 2. The Morgan fingerprint density at radius 2 is 1.40 bits per heavy atom. The van der Waals surface area contributed by atoms with Crippen molar-refractivity contribution in [1.82, 2.24) is 40.6 Å². The zero-order valence-electron chi connectivity index (χ0n) is 25.5. The van der Waals surface area contributed by atoms with Gasteiger partial charge in [-0.15, -0.1) is 10.2 Å². The van der Waals surface area contributed by atoms with Gasteiger partial charge >= 0.3 is 0 Å². The van der Waals surface area contributed by atoms with Gasteiger partial charge in [0, 0.05) is 73.7 Å². The molecule has 2 heterocycles. The predicted molar refractivity (Wildman–Crippen MR) is 165 cm³/mol. The lowest BCUT2D eigenvalue weighted by Gasteiger charge is -2.37. The van der Waals surface area contributed by atoms with Crippen molar-refractivity contribution in [2.75, 3.05) is 24.7 Å². The number of hydrogen-bond acceptors (Lipinski definition) is 11. The Kier molecular flexibility index (Phi) is 14.6. The smallest absolute Gasteiger partial charge is 0.224 e. The molecular weight excluding hydrogens is 592 g/mol. The average Bonchev–Trinajstić information content (AvgIpc) is 3.58. The summed E-state index contributed by atoms with van der Waals surface area (Å²) >= 11 is 3.56. The van der Waals surface area contributed by atoms with Crippen molar-refractivity contribution in [2.24, 2.45) is 25.9 Å². The molecule has 0 aromatic carbocycles. The molecule has 0 bridgehead atoms. The SMILES string of the molecule is CCC(CSC1CCC1SCC(CC(=O)CCOCCC(C)=O)C(=O)NCc1cn(C)nn1)C(=O)NCc1cn(C)nn1. The lowest BCUT2D eigenvalue weighted by atomic mass is 9.99. The topological polar surface area (TPSA) is 163 Å². The number of thioether (sulfide) groups is 2. The molecule has 1 aliphatic rings. The van der Waals surface area contributed by atoms with E-state index in [0.29, 0.717) is 41.5 Å². The molecule has 0 spiro atoms. The van der Waals surface area contributed by atoms with Gasteiger partial charge in [0.05, 0.1) is 32.2 Å². The molecule has 2 N–H and O–H groups in total. The summed E-state index contributed by atoms with van der Waals surface area (Å²) in [4.78, 5) is 49.7. The molecule has 3 rings (SSSR count). The summed E-state index contributed by atoms with van der Waals surface area (Å²) in [6.07, 6.45) is 7.05. The van der Waals surface area contributed by atoms with Gasteiger partial charge in [-0.25, -0.2) is 0 Å². The molecule has 2 amide bonds. The van der Waals surface area contributed by atoms with Crippen LogP contribution in [-0.2, 0) is 51.1 Å². The number of hydrogen-bond donors (Lipinski definition) is 2. The van der Waals surface area contributed by atoms with Crippen molar-refractivity contribution in [3.8, 4) is 0 Å². The molecular formula is C28H44N8O5S2. The first-order valence-electron chi connectivity index (χ1n) is 14.7. The van der Waals surface area contributed by atoms with Crippen molar-refractivity contribution in [1.29, 1.82) is 0 Å². The highest BCUT2D eigenvalue weighted by atomic mass is 32.2. The molecule has 1 fully saturated rings. The van der Waals surface area contributed by atoms with Crippen LogP contribution < -0.4 is 10.6 Å². The van der Waals surface area contributed by atoms with Crippen molar-refractivity contribution in [3.63, 3.8) is 0 Å². The Morgan fingerprint density at radius 3 is 1.86 bits per heavy atom. The molecule has 4 atom stereocenters. The monoisotopic (exact) mass is 636 g/mol. The van der Waals surface area contributed by atoms with E-state index in [1.807, 2.05) is 18.7 Å². The highest BCUT2D eigenvalue weighted by molar-refractivity contribution is 8.04. The van der Waals surface area contributed by atoms with Crippen LogP contribution in [0.4, 0.5) is 0 Å². The van der Waals surface area contributed by atoms with Crippen molar-refractivity contribution >= 4 is 46.9 Å². The van der Waals surface area contributed by atoms with Crippen LogP contribution >= 0.6 is 23.5 Å². The fourth-order valence-electron chi connectivity index (χ4n) is 4.38. The summed E-state index contributed by atoms with van der Waals surface area (Å²) in [7, 11) is 3.55. The number of carbonyl (C=O) groups is 4. The standard InChI is InChI=1S/C28H44N8O5S2/c1-5-20(27(39)29-13-22-15-35(3)33-31-22)17-42-25-6-7-26(25)43-18-21(12-24(38)9-11-41-10-8-19(2)37)28(40)30-14-23-16-36(4)34-32-23/h15-16,20-21,25-26H,5-14,17-18H2,1-4H3,(H,29,39)(H,30,40). The second-order valence-corrected chi connectivity index (χ2v) is 13.4. The molecule has 4 unspecified atom stereocenters. The van der Waals surface area contributed by atoms with Crippen LogP contribution in [-0.4, -0.2) is 88.6 Å². The third-order valence-electron chi connectivity index (χ3n) is 7.19. The summed E-state index contributed by atoms with van der Waals surface area (Å²) in [6.45, 7) is 4.66. The lowest BCUT2D eigenvalue weighted by molar-refractivity contribution is -0.129. The number of rotatable bonds is 21. The van der Waals surface area contributed by atoms with Gasteiger partial charge < -0.3 is 15.4 Å². The highest BCUT2D eigenvalue weighted by Crippen LogP contribution is 2.41. The van der Waals surface area contributed by atoms with Gasteiger partial charge in [-0.1, -0.05) is 17.4 Å². The minimum Gasteiger partial charge on any atom is -0.381 e. The third kappa shape index (κ3) is 12.4. The number of Topliss-reactive ketones (excluding diaryl/α,β-unsaturated/α-hetero) is 2. The molecule has 43 heavy (non-hydrogen) atoms. The number of ketones is 2. The van der Waals surface area contributed by atoms with E-state index in [2.05, 4.69) is 31.3 Å². The van der Waals surface area contributed by atoms with E-state index in [-0.39, 0.29) is 55.3 Å². The van der Waals surface area contributed by atoms with Gasteiger partial charge in [0.25, 0.3) is 0 Å². The Morgan fingerprint density at radius 1 is 0.884 bits per heavy atom. The molecule has 238 valence electrons. The van der Waals surface area contributed by atoms with Gasteiger partial charge in [-0.05, 0) is 26.2 Å². The summed E-state index contributed by atoms with van der Waals surface area (Å²) < 4.78 is 8.59. The fourth-order valence-corrected chi connectivity index (χ4v) is 7.78. The number of amides is 2. The largest absolute Gasteiger partial charge is 0.381 e. The number of ether oxygens (including phenoxy) is 1. The Balaban J connectivity index is 1.46. The average molecular weight is 637 g/mol. The molecule has 0 aliphatic heterocycles. The first kappa shape index (κ1) is 34.7. The zero-order valence-corrected chi connectivity index (χ0v) is 27.1. The van der Waals surface area contributed by atoms with Gasteiger partial charge in [0.2, 0.25) is 11.8 Å². The predicted octanol–water partition coefficient (Wildman–Crippen LogP) is 1.86. The molecule has 0 saturated heterocycles. The minimum atomic E-state index is -0.479.